The van der Waals surface area contributed by atoms with Crippen LogP contribution in [0.1, 0.15) is 32.3 Å². The average molecular weight is 307 g/mol. The molecule has 5 heteroatoms. The first-order chi connectivity index (χ1) is 9.98. The van der Waals surface area contributed by atoms with Gasteiger partial charge in [0.2, 0.25) is 0 Å². The van der Waals surface area contributed by atoms with Crippen molar-refractivity contribution >= 4 is 28.5 Å². The number of carbonyl (C=O) groups is 1. The topological polar surface area (TPSA) is 62.2 Å². The number of halogens is 1. The quantitative estimate of drug-likeness (QED) is 0.855. The number of nitrogens with one attached hydrogen (secondary N) is 1. The second-order valence-corrected chi connectivity index (χ2v) is 5.75. The van der Waals surface area contributed by atoms with Crippen LogP contribution in [0.5, 0.6) is 0 Å². The Morgan fingerprint density at radius 1 is 1.43 bits per heavy atom. The van der Waals surface area contributed by atoms with Crippen LogP contribution >= 0.6 is 11.6 Å². The average Bonchev–Trinajstić information content (AvgIpc) is 2.47. The number of carboxylic acids is 1. The van der Waals surface area contributed by atoms with E-state index in [0.717, 1.165) is 22.9 Å². The fraction of sp³-hybridized carbons (Fsp3) is 0.375. The molecule has 0 radical (unpaired) electrons. The van der Waals surface area contributed by atoms with Crippen LogP contribution in [0.25, 0.3) is 10.9 Å². The Morgan fingerprint density at radius 2 is 2.19 bits per heavy atom. The summed E-state index contributed by atoms with van der Waals surface area (Å²) >= 11 is 6.16. The first-order valence-corrected chi connectivity index (χ1v) is 7.36. The normalized spacial score (nSPS) is 14.0. The Kier molecular flexibility index (Phi) is 4.80. The molecule has 4 nitrogen and oxygen atoms in total. The molecule has 0 bridgehead atoms. The third-order valence-corrected chi connectivity index (χ3v) is 4.02. The van der Waals surface area contributed by atoms with E-state index < -0.39 is 11.5 Å². The van der Waals surface area contributed by atoms with Crippen molar-refractivity contribution < 1.29 is 9.90 Å². The number of fused-ring (bicyclic) bond motifs is 1. The van der Waals surface area contributed by atoms with Gasteiger partial charge in [0.15, 0.2) is 0 Å². The Hall–Kier alpha value is -1.65. The van der Waals surface area contributed by atoms with Gasteiger partial charge in [-0.2, -0.15) is 0 Å². The standard InChI is InChI=1S/C16H19ClN2O2/c1-3-8-16(2,15(20)21)19-10-11-6-7-13(17)12-5-4-9-18-14(11)12/h4-7,9,19H,3,8,10H2,1-2H3,(H,20,21). The second-order valence-electron chi connectivity index (χ2n) is 5.35. The van der Waals surface area contributed by atoms with Crippen LogP contribution in [0.2, 0.25) is 5.02 Å². The molecule has 1 heterocycles. The summed E-state index contributed by atoms with van der Waals surface area (Å²) in [6.07, 6.45) is 3.08. The summed E-state index contributed by atoms with van der Waals surface area (Å²) in [6.45, 7) is 4.12. The molecule has 21 heavy (non-hydrogen) atoms. The Morgan fingerprint density at radius 3 is 2.86 bits per heavy atom. The van der Waals surface area contributed by atoms with Crippen LogP contribution in [0.15, 0.2) is 30.5 Å². The maximum absolute atomic E-state index is 11.5. The molecule has 2 rings (SSSR count). The zero-order chi connectivity index (χ0) is 15.5. The van der Waals surface area contributed by atoms with Crippen molar-refractivity contribution in [1.29, 1.82) is 0 Å². The number of pyridine rings is 1. The highest BCUT2D eigenvalue weighted by Crippen LogP contribution is 2.25. The van der Waals surface area contributed by atoms with Gasteiger partial charge in [-0.15, -0.1) is 0 Å². The number of carboxylic acid groups (broad SMARTS) is 1. The molecule has 2 N–H and O–H groups in total. The third kappa shape index (κ3) is 3.34. The van der Waals surface area contributed by atoms with E-state index in [0.29, 0.717) is 18.0 Å². The molecule has 0 amide bonds. The van der Waals surface area contributed by atoms with Gasteiger partial charge in [0.1, 0.15) is 5.54 Å². The minimum absolute atomic E-state index is 0.438. The van der Waals surface area contributed by atoms with E-state index in [4.69, 9.17) is 11.6 Å². The second kappa shape index (κ2) is 6.41. The number of aromatic nitrogens is 1. The summed E-state index contributed by atoms with van der Waals surface area (Å²) in [5.74, 6) is -0.837. The van der Waals surface area contributed by atoms with Crippen LogP contribution in [0, 0.1) is 0 Å². The maximum Gasteiger partial charge on any atom is 0.323 e. The number of nitrogens with zero attached hydrogens (tertiary/aromatic N) is 1. The molecule has 0 saturated carbocycles. The van der Waals surface area contributed by atoms with Crippen LogP contribution in [0.4, 0.5) is 0 Å². The van der Waals surface area contributed by atoms with Crippen LogP contribution < -0.4 is 5.32 Å². The molecule has 112 valence electrons. The minimum atomic E-state index is -0.935. The number of hydrogen-bond donors (Lipinski definition) is 2. The molecule has 2 aromatic rings. The fourth-order valence-electron chi connectivity index (χ4n) is 2.40. The van der Waals surface area contributed by atoms with Gasteiger partial charge in [0.25, 0.3) is 0 Å². The Balaban J connectivity index is 2.28. The van der Waals surface area contributed by atoms with Crippen LogP contribution in [0.3, 0.4) is 0 Å². The number of rotatable bonds is 6. The van der Waals surface area contributed by atoms with Crippen molar-refractivity contribution in [2.45, 2.75) is 38.8 Å². The van der Waals surface area contributed by atoms with E-state index >= 15 is 0 Å². The maximum atomic E-state index is 11.5. The first-order valence-electron chi connectivity index (χ1n) is 6.98. The molecule has 1 aromatic heterocycles. The van der Waals surface area contributed by atoms with Gasteiger partial charge in [-0.25, -0.2) is 0 Å². The first kappa shape index (κ1) is 15.7. The lowest BCUT2D eigenvalue weighted by Crippen LogP contribution is -2.48. The summed E-state index contributed by atoms with van der Waals surface area (Å²) in [5.41, 5.74) is 0.815. The molecular formula is C16H19ClN2O2. The van der Waals surface area contributed by atoms with Crippen molar-refractivity contribution in [2.75, 3.05) is 0 Å². The summed E-state index contributed by atoms with van der Waals surface area (Å²) in [6, 6.07) is 7.46. The van der Waals surface area contributed by atoms with Crippen LogP contribution in [-0.2, 0) is 11.3 Å². The van der Waals surface area contributed by atoms with E-state index in [2.05, 4.69) is 10.3 Å². The van der Waals surface area contributed by atoms with Gasteiger partial charge in [-0.3, -0.25) is 15.1 Å². The van der Waals surface area contributed by atoms with Crippen molar-refractivity contribution in [3.05, 3.63) is 41.0 Å². The molecule has 1 aromatic carbocycles. The van der Waals surface area contributed by atoms with Crippen molar-refractivity contribution in [3.8, 4) is 0 Å². The summed E-state index contributed by atoms with van der Waals surface area (Å²) in [7, 11) is 0. The van der Waals surface area contributed by atoms with Gasteiger partial charge in [-0.05, 0) is 37.1 Å². The molecule has 1 unspecified atom stereocenters. The van der Waals surface area contributed by atoms with Gasteiger partial charge in [0.05, 0.1) is 5.52 Å². The van der Waals surface area contributed by atoms with E-state index in [1.165, 1.54) is 0 Å². The fourth-order valence-corrected chi connectivity index (χ4v) is 2.62. The summed E-state index contributed by atoms with van der Waals surface area (Å²) < 4.78 is 0. The van der Waals surface area contributed by atoms with Crippen molar-refractivity contribution in [2.24, 2.45) is 0 Å². The van der Waals surface area contributed by atoms with E-state index in [1.807, 2.05) is 31.2 Å². The van der Waals surface area contributed by atoms with Gasteiger partial charge in [-0.1, -0.05) is 31.0 Å². The highest BCUT2D eigenvalue weighted by Gasteiger charge is 2.31. The minimum Gasteiger partial charge on any atom is -0.480 e. The zero-order valence-corrected chi connectivity index (χ0v) is 12.9. The Bertz CT molecular complexity index is 660. The lowest BCUT2D eigenvalue weighted by Gasteiger charge is -2.26. The Labute approximate surface area is 129 Å². The molecule has 0 aliphatic heterocycles. The largest absolute Gasteiger partial charge is 0.480 e. The lowest BCUT2D eigenvalue weighted by molar-refractivity contribution is -0.144. The highest BCUT2D eigenvalue weighted by molar-refractivity contribution is 6.35. The molecule has 0 spiro atoms. The number of aliphatic carboxylic acids is 1. The van der Waals surface area contributed by atoms with E-state index in [9.17, 15) is 9.90 Å². The number of benzene rings is 1. The number of hydrogen-bond acceptors (Lipinski definition) is 3. The summed E-state index contributed by atoms with van der Waals surface area (Å²) in [4.78, 5) is 15.8. The monoisotopic (exact) mass is 306 g/mol. The highest BCUT2D eigenvalue weighted by atomic mass is 35.5. The van der Waals surface area contributed by atoms with E-state index in [-0.39, 0.29) is 0 Å². The molecule has 1 atom stereocenters. The van der Waals surface area contributed by atoms with Gasteiger partial charge < -0.3 is 5.11 Å². The van der Waals surface area contributed by atoms with Gasteiger partial charge >= 0.3 is 5.97 Å². The molecule has 0 saturated heterocycles. The predicted octanol–water partition coefficient (Wildman–Crippen LogP) is 3.62. The predicted molar refractivity (Wildman–Crippen MR) is 84.5 cm³/mol. The molecule has 0 fully saturated rings. The molecule has 0 aliphatic rings. The van der Waals surface area contributed by atoms with E-state index in [1.54, 1.807) is 13.1 Å². The molecule has 0 aliphatic carbocycles. The van der Waals surface area contributed by atoms with Crippen LogP contribution in [-0.4, -0.2) is 21.6 Å². The summed E-state index contributed by atoms with van der Waals surface area (Å²) in [5, 5.41) is 14.1. The SMILES string of the molecule is CCCC(C)(NCc1ccc(Cl)c2cccnc12)C(=O)O. The smallest absolute Gasteiger partial charge is 0.323 e. The van der Waals surface area contributed by atoms with Gasteiger partial charge in [0, 0.05) is 23.2 Å². The third-order valence-electron chi connectivity index (χ3n) is 3.69. The van der Waals surface area contributed by atoms with Crippen molar-refractivity contribution in [1.82, 2.24) is 10.3 Å². The zero-order valence-electron chi connectivity index (χ0n) is 12.2. The lowest BCUT2D eigenvalue weighted by atomic mass is 9.95. The molecular weight excluding hydrogens is 288 g/mol. The van der Waals surface area contributed by atoms with Crippen molar-refractivity contribution in [3.63, 3.8) is 0 Å².